The van der Waals surface area contributed by atoms with E-state index in [4.69, 9.17) is 5.73 Å². The highest BCUT2D eigenvalue weighted by molar-refractivity contribution is 4.96. The van der Waals surface area contributed by atoms with Crippen LogP contribution in [-0.2, 0) is 13.1 Å². The lowest BCUT2D eigenvalue weighted by molar-refractivity contribution is 0.146. The minimum atomic E-state index is 0.535. The van der Waals surface area contributed by atoms with Gasteiger partial charge < -0.3 is 10.3 Å². The van der Waals surface area contributed by atoms with Crippen LogP contribution in [0.2, 0.25) is 0 Å². The summed E-state index contributed by atoms with van der Waals surface area (Å²) in [5, 5.41) is 0. The molecule has 0 spiro atoms. The first-order valence-corrected chi connectivity index (χ1v) is 7.29. The molecule has 1 aliphatic heterocycles. The molecule has 1 atom stereocenters. The van der Waals surface area contributed by atoms with Gasteiger partial charge in [-0.15, -0.1) is 0 Å². The van der Waals surface area contributed by atoms with Gasteiger partial charge >= 0.3 is 0 Å². The summed E-state index contributed by atoms with van der Waals surface area (Å²) >= 11 is 0. The van der Waals surface area contributed by atoms with E-state index in [1.165, 1.54) is 37.9 Å². The molecule has 0 aliphatic carbocycles. The number of hydrogen-bond acceptors (Lipinski definition) is 3. The lowest BCUT2D eigenvalue weighted by Gasteiger charge is -2.34. The molecule has 1 aromatic rings. The van der Waals surface area contributed by atoms with Crippen LogP contribution in [0.1, 0.15) is 44.9 Å². The fraction of sp³-hybridized carbons (Fsp3) is 0.786. The van der Waals surface area contributed by atoms with E-state index >= 15 is 0 Å². The molecule has 0 amide bonds. The molecule has 0 radical (unpaired) electrons. The van der Waals surface area contributed by atoms with Crippen molar-refractivity contribution >= 4 is 0 Å². The predicted octanol–water partition coefficient (Wildman–Crippen LogP) is 2.00. The summed E-state index contributed by atoms with van der Waals surface area (Å²) in [5.41, 5.74) is 5.94. The molecule has 0 saturated heterocycles. The van der Waals surface area contributed by atoms with E-state index < -0.39 is 0 Å². The Morgan fingerprint density at radius 3 is 3.00 bits per heavy atom. The van der Waals surface area contributed by atoms with Crippen molar-refractivity contribution in [1.82, 2.24) is 14.5 Å². The molecule has 4 heteroatoms. The van der Waals surface area contributed by atoms with Crippen molar-refractivity contribution in [3.8, 4) is 0 Å². The van der Waals surface area contributed by atoms with Gasteiger partial charge in [-0.3, -0.25) is 4.90 Å². The zero-order chi connectivity index (χ0) is 12.8. The molecule has 4 nitrogen and oxygen atoms in total. The Hall–Kier alpha value is -0.870. The lowest BCUT2D eigenvalue weighted by Crippen LogP contribution is -2.44. The van der Waals surface area contributed by atoms with E-state index in [-0.39, 0.29) is 0 Å². The van der Waals surface area contributed by atoms with Gasteiger partial charge in [-0.05, 0) is 6.42 Å². The Bertz CT molecular complexity index is 347. The van der Waals surface area contributed by atoms with E-state index in [9.17, 15) is 0 Å². The van der Waals surface area contributed by atoms with Crippen LogP contribution in [0.3, 0.4) is 0 Å². The van der Waals surface area contributed by atoms with Gasteiger partial charge in [-0.25, -0.2) is 4.98 Å². The largest absolute Gasteiger partial charge is 0.333 e. The molecule has 2 rings (SSSR count). The number of unbranched alkanes of at least 4 members (excludes halogenated alkanes) is 3. The van der Waals surface area contributed by atoms with Crippen LogP contribution in [0.15, 0.2) is 12.4 Å². The maximum atomic E-state index is 5.94. The van der Waals surface area contributed by atoms with E-state index in [0.717, 1.165) is 26.2 Å². The lowest BCUT2D eigenvalue weighted by atomic mass is 10.1. The molecular weight excluding hydrogens is 224 g/mol. The molecule has 0 fully saturated rings. The fourth-order valence-corrected chi connectivity index (χ4v) is 2.76. The standard InChI is InChI=1S/C14H26N4/c1-2-3-4-5-6-13(11-15)18-10-9-17-8-7-16-14(17)12-18/h7-8,13H,2-6,9-12,15H2,1H3. The van der Waals surface area contributed by atoms with Crippen molar-refractivity contribution < 1.29 is 0 Å². The molecule has 18 heavy (non-hydrogen) atoms. The third-order valence-corrected chi connectivity index (χ3v) is 3.95. The van der Waals surface area contributed by atoms with Gasteiger partial charge in [0.2, 0.25) is 0 Å². The molecule has 1 aromatic heterocycles. The third-order valence-electron chi connectivity index (χ3n) is 3.95. The zero-order valence-electron chi connectivity index (χ0n) is 11.5. The van der Waals surface area contributed by atoms with Crippen molar-refractivity contribution in [2.75, 3.05) is 13.1 Å². The van der Waals surface area contributed by atoms with Gasteiger partial charge in [-0.2, -0.15) is 0 Å². The van der Waals surface area contributed by atoms with Crippen molar-refractivity contribution in [2.24, 2.45) is 5.73 Å². The number of hydrogen-bond donors (Lipinski definition) is 1. The quantitative estimate of drug-likeness (QED) is 0.753. The SMILES string of the molecule is CCCCCCC(CN)N1CCn2ccnc2C1. The first-order chi connectivity index (χ1) is 8.85. The molecule has 2 N–H and O–H groups in total. The fourth-order valence-electron chi connectivity index (χ4n) is 2.76. The van der Waals surface area contributed by atoms with Gasteiger partial charge in [0.05, 0.1) is 6.54 Å². The first-order valence-electron chi connectivity index (χ1n) is 7.29. The average Bonchev–Trinajstić information content (AvgIpc) is 2.86. The van der Waals surface area contributed by atoms with Crippen LogP contribution in [0, 0.1) is 0 Å². The Labute approximate surface area is 110 Å². The number of fused-ring (bicyclic) bond motifs is 1. The number of imidazole rings is 1. The molecule has 0 saturated carbocycles. The molecule has 2 heterocycles. The van der Waals surface area contributed by atoms with Gasteiger partial charge in [-0.1, -0.05) is 32.6 Å². The average molecular weight is 250 g/mol. The second-order valence-electron chi connectivity index (χ2n) is 5.25. The van der Waals surface area contributed by atoms with E-state index in [0.29, 0.717) is 6.04 Å². The summed E-state index contributed by atoms with van der Waals surface area (Å²) in [6.45, 7) is 6.15. The number of aromatic nitrogens is 2. The van der Waals surface area contributed by atoms with Crippen LogP contribution in [0.4, 0.5) is 0 Å². The second kappa shape index (κ2) is 6.90. The molecule has 0 bridgehead atoms. The number of rotatable bonds is 7. The smallest absolute Gasteiger partial charge is 0.122 e. The monoisotopic (exact) mass is 250 g/mol. The highest BCUT2D eigenvalue weighted by atomic mass is 15.3. The minimum absolute atomic E-state index is 0.535. The number of nitrogens with two attached hydrogens (primary N) is 1. The van der Waals surface area contributed by atoms with E-state index in [1.54, 1.807) is 0 Å². The van der Waals surface area contributed by atoms with Crippen LogP contribution >= 0.6 is 0 Å². The van der Waals surface area contributed by atoms with Gasteiger partial charge in [0.1, 0.15) is 5.82 Å². The highest BCUT2D eigenvalue weighted by Crippen LogP contribution is 2.17. The van der Waals surface area contributed by atoms with Crippen molar-refractivity contribution in [3.05, 3.63) is 18.2 Å². The molecule has 102 valence electrons. The normalized spacial score (nSPS) is 17.7. The Balaban J connectivity index is 1.82. The third kappa shape index (κ3) is 3.33. The summed E-state index contributed by atoms with van der Waals surface area (Å²) in [6, 6.07) is 0.535. The Kier molecular flexibility index (Phi) is 5.20. The summed E-state index contributed by atoms with van der Waals surface area (Å²) in [7, 11) is 0. The topological polar surface area (TPSA) is 47.1 Å². The van der Waals surface area contributed by atoms with Crippen LogP contribution in [0.5, 0.6) is 0 Å². The summed E-state index contributed by atoms with van der Waals surface area (Å²) in [6.07, 6.45) is 10.5. The molecular formula is C14H26N4. The van der Waals surface area contributed by atoms with Gasteiger partial charge in [0, 0.05) is 38.1 Å². The van der Waals surface area contributed by atoms with Crippen LogP contribution < -0.4 is 5.73 Å². The summed E-state index contributed by atoms with van der Waals surface area (Å²) < 4.78 is 2.25. The predicted molar refractivity (Wildman–Crippen MR) is 74.2 cm³/mol. The van der Waals surface area contributed by atoms with Gasteiger partial charge in [0.15, 0.2) is 0 Å². The molecule has 1 aliphatic rings. The van der Waals surface area contributed by atoms with Crippen molar-refractivity contribution in [1.29, 1.82) is 0 Å². The number of nitrogens with zero attached hydrogens (tertiary/aromatic N) is 3. The first kappa shape index (κ1) is 13.6. The second-order valence-corrected chi connectivity index (χ2v) is 5.25. The molecule has 0 aromatic carbocycles. The summed E-state index contributed by atoms with van der Waals surface area (Å²) in [5.74, 6) is 1.19. The minimum Gasteiger partial charge on any atom is -0.333 e. The highest BCUT2D eigenvalue weighted by Gasteiger charge is 2.22. The van der Waals surface area contributed by atoms with Crippen LogP contribution in [0.25, 0.3) is 0 Å². The van der Waals surface area contributed by atoms with Crippen molar-refractivity contribution in [3.63, 3.8) is 0 Å². The zero-order valence-corrected chi connectivity index (χ0v) is 11.5. The van der Waals surface area contributed by atoms with E-state index in [1.807, 2.05) is 6.20 Å². The Morgan fingerprint density at radius 1 is 1.33 bits per heavy atom. The maximum Gasteiger partial charge on any atom is 0.122 e. The Morgan fingerprint density at radius 2 is 2.22 bits per heavy atom. The molecule has 1 unspecified atom stereocenters. The van der Waals surface area contributed by atoms with Gasteiger partial charge in [0.25, 0.3) is 0 Å². The van der Waals surface area contributed by atoms with E-state index in [2.05, 4.69) is 27.6 Å². The maximum absolute atomic E-state index is 5.94. The van der Waals surface area contributed by atoms with Crippen molar-refractivity contribution in [2.45, 2.75) is 58.2 Å². The summed E-state index contributed by atoms with van der Waals surface area (Å²) in [4.78, 5) is 6.92. The van der Waals surface area contributed by atoms with Crippen LogP contribution in [-0.4, -0.2) is 33.6 Å².